The van der Waals surface area contributed by atoms with Gasteiger partial charge in [-0.2, -0.15) is 9.59 Å². The molecule has 5 rings (SSSR count). The molecule has 0 fully saturated rings. The summed E-state index contributed by atoms with van der Waals surface area (Å²) in [6, 6.07) is 26.4. The summed E-state index contributed by atoms with van der Waals surface area (Å²) in [4.78, 5) is 91.4. The fourth-order valence-electron chi connectivity index (χ4n) is 8.87. The zero-order valence-corrected chi connectivity index (χ0v) is 56.2. The van der Waals surface area contributed by atoms with Crippen LogP contribution in [0, 0.1) is 0 Å². The van der Waals surface area contributed by atoms with Crippen LogP contribution in [0.3, 0.4) is 0 Å². The third-order valence-electron chi connectivity index (χ3n) is 17.4. The molecule has 4 aromatic rings. The Bertz CT molecular complexity index is 2820. The van der Waals surface area contributed by atoms with E-state index in [1.54, 1.807) is 17.0 Å². The SMILES string of the molecule is CCN(CCO[Si](C)(C)C(C)(C)C)C(=O)CN(CCO[Si](C)(C)C(C)(C)C)C(=O)CN(CCO[Si](C)(C)C(C)(C)C)C(=O)CNC(=O)CCn1c(CN(C)N(C)C(=O)OCC2c3ccccc3-c3ccccc32)cc2ccccc21.O=C=O. The Hall–Kier alpha value is -5.78. The van der Waals surface area contributed by atoms with Gasteiger partial charge in [-0.1, -0.05) is 129 Å². The van der Waals surface area contributed by atoms with E-state index >= 15 is 0 Å². The lowest BCUT2D eigenvalue weighted by atomic mass is 9.98. The van der Waals surface area contributed by atoms with E-state index in [2.05, 4.69) is 142 Å². The number of ether oxygens (including phenoxy) is 1. The molecular weight excluding hydrogens is 1100 g/mol. The molecule has 0 bridgehead atoms. The molecule has 0 atom stereocenters. The van der Waals surface area contributed by atoms with E-state index < -0.39 is 42.9 Å². The molecule has 1 heterocycles. The summed E-state index contributed by atoms with van der Waals surface area (Å²) in [5.41, 5.74) is 6.39. The van der Waals surface area contributed by atoms with Crippen molar-refractivity contribution < 1.29 is 51.6 Å². The highest BCUT2D eigenvalue weighted by molar-refractivity contribution is 6.74. The molecule has 18 nitrogen and oxygen atoms in total. The third kappa shape index (κ3) is 19.1. The van der Waals surface area contributed by atoms with Crippen LogP contribution in [-0.2, 0) is 59.9 Å². The van der Waals surface area contributed by atoms with E-state index in [4.69, 9.17) is 27.6 Å². The fraction of sp³-hybridized carbons (Fsp3) is 0.581. The fourth-order valence-corrected chi connectivity index (χ4v) is 12.0. The number of nitrogens with one attached hydrogen (secondary N) is 1. The van der Waals surface area contributed by atoms with Crippen LogP contribution < -0.4 is 5.32 Å². The zero-order valence-electron chi connectivity index (χ0n) is 53.2. The molecule has 21 heteroatoms. The molecule has 5 amide bonds. The van der Waals surface area contributed by atoms with E-state index in [1.807, 2.05) is 62.5 Å². The summed E-state index contributed by atoms with van der Waals surface area (Å²) in [5.74, 6) is -1.48. The van der Waals surface area contributed by atoms with Gasteiger partial charge in [-0.25, -0.2) is 14.8 Å². The smallest absolute Gasteiger partial charge is 0.424 e. The number of hydrazine groups is 1. The van der Waals surface area contributed by atoms with Crippen LogP contribution in [0.2, 0.25) is 54.4 Å². The summed E-state index contributed by atoms with van der Waals surface area (Å²) < 4.78 is 27.5. The minimum Gasteiger partial charge on any atom is -0.447 e. The van der Waals surface area contributed by atoms with Crippen LogP contribution in [0.5, 0.6) is 0 Å². The van der Waals surface area contributed by atoms with E-state index in [9.17, 15) is 24.0 Å². The lowest BCUT2D eigenvalue weighted by Gasteiger charge is -2.38. The van der Waals surface area contributed by atoms with Crippen molar-refractivity contribution in [2.45, 2.75) is 149 Å². The number of hydrogen-bond acceptors (Lipinski definition) is 12. The third-order valence-corrected chi connectivity index (χ3v) is 31.0. The molecule has 1 aliphatic rings. The number of nitrogens with zero attached hydrogens (tertiary/aromatic N) is 6. The van der Waals surface area contributed by atoms with Crippen molar-refractivity contribution in [3.8, 4) is 11.1 Å². The first-order valence-corrected chi connectivity index (χ1v) is 37.7. The summed E-state index contributed by atoms with van der Waals surface area (Å²) in [5, 5.41) is 6.94. The number of fused-ring (bicyclic) bond motifs is 4. The lowest BCUT2D eigenvalue weighted by molar-refractivity contribution is -0.191. The van der Waals surface area contributed by atoms with Crippen LogP contribution in [0.25, 0.3) is 22.0 Å². The number of aryl methyl sites for hydroxylation is 1. The Kier molecular flexibility index (Phi) is 25.1. The number of likely N-dealkylation sites (N-methyl/N-ethyl adjacent to an activating group) is 1. The first kappa shape index (κ1) is 69.7. The summed E-state index contributed by atoms with van der Waals surface area (Å²) in [6.45, 7) is 36.2. The molecule has 83 heavy (non-hydrogen) atoms. The largest absolute Gasteiger partial charge is 0.447 e. The van der Waals surface area contributed by atoms with Crippen molar-refractivity contribution in [2.75, 3.05) is 86.3 Å². The Labute approximate surface area is 497 Å². The topological polar surface area (TPSA) is 190 Å². The highest BCUT2D eigenvalue weighted by atomic mass is 28.4. The number of aromatic nitrogens is 1. The van der Waals surface area contributed by atoms with Crippen LogP contribution in [0.15, 0.2) is 78.9 Å². The quantitative estimate of drug-likeness (QED) is 0.0440. The predicted octanol–water partition coefficient (Wildman–Crippen LogP) is 10.4. The van der Waals surface area contributed by atoms with E-state index in [-0.39, 0.29) is 98.0 Å². The second-order valence-electron chi connectivity index (χ2n) is 26.0. The Morgan fingerprint density at radius 1 is 0.614 bits per heavy atom. The molecule has 0 radical (unpaired) electrons. The van der Waals surface area contributed by atoms with Crippen molar-refractivity contribution in [2.24, 2.45) is 0 Å². The summed E-state index contributed by atoms with van der Waals surface area (Å²) in [6.07, 6.45) is -0.182. The van der Waals surface area contributed by atoms with E-state index in [0.29, 0.717) is 32.8 Å². The monoisotopic (exact) mass is 1200 g/mol. The van der Waals surface area contributed by atoms with Crippen LogP contribution in [0.1, 0.15) is 98.4 Å². The zero-order chi connectivity index (χ0) is 62.3. The van der Waals surface area contributed by atoms with Crippen molar-refractivity contribution in [3.05, 3.63) is 95.7 Å². The summed E-state index contributed by atoms with van der Waals surface area (Å²) >= 11 is 0. The Morgan fingerprint density at radius 3 is 1.51 bits per heavy atom. The second-order valence-corrected chi connectivity index (χ2v) is 40.5. The molecule has 1 aromatic heterocycles. The molecule has 0 saturated carbocycles. The molecule has 0 spiro atoms. The number of para-hydroxylation sites is 1. The van der Waals surface area contributed by atoms with Crippen LogP contribution in [-0.4, -0.2) is 176 Å². The molecule has 1 aliphatic carbocycles. The molecule has 0 saturated heterocycles. The maximum atomic E-state index is 14.6. The second kappa shape index (κ2) is 29.8. The lowest BCUT2D eigenvalue weighted by Crippen LogP contribution is -2.52. The maximum absolute atomic E-state index is 14.6. The Morgan fingerprint density at radius 2 is 1.04 bits per heavy atom. The minimum atomic E-state index is -2.25. The first-order chi connectivity index (χ1) is 38.6. The molecular formula is C62H97N7O11Si3. The van der Waals surface area contributed by atoms with E-state index in [0.717, 1.165) is 38.9 Å². The predicted molar refractivity (Wildman–Crippen MR) is 334 cm³/mol. The van der Waals surface area contributed by atoms with Gasteiger partial charge >= 0.3 is 12.2 Å². The van der Waals surface area contributed by atoms with Crippen LogP contribution >= 0.6 is 0 Å². The standard InChI is InChI=1S/C61H97N7O9Si3.CO2/c1-19-65(34-37-75-78(13,14)59(2,3)4)56(71)43-67(36-39-77-80(17,18)61(8,9)10)57(72)44-66(35-38-76-79(15,16)60(5,6)7)55(70)41-62-54(69)32-33-68-47(40-46-26-20-25-31-53(46)68)42-63(11)64(12)58(73)74-45-52-50-29-23-21-27-48(50)49-28-22-24-30-51(49)52;2-1-3/h20-31,40,52H,19,32-39,41-45H2,1-18H3,(H,62,69);. The maximum Gasteiger partial charge on any atom is 0.424 e. The van der Waals surface area contributed by atoms with Gasteiger partial charge in [0.15, 0.2) is 25.0 Å². The molecule has 458 valence electrons. The van der Waals surface area contributed by atoms with Crippen molar-refractivity contribution in [3.63, 3.8) is 0 Å². The van der Waals surface area contributed by atoms with Crippen LogP contribution in [0.4, 0.5) is 4.79 Å². The molecule has 3 aromatic carbocycles. The number of carbonyl (C=O) groups excluding carboxylic acids is 7. The van der Waals surface area contributed by atoms with Gasteiger partial charge in [-0.3, -0.25) is 19.2 Å². The first-order valence-electron chi connectivity index (χ1n) is 29.0. The number of carbonyl (C=O) groups is 5. The highest BCUT2D eigenvalue weighted by Crippen LogP contribution is 2.45. The highest BCUT2D eigenvalue weighted by Gasteiger charge is 2.40. The number of rotatable bonds is 27. The van der Waals surface area contributed by atoms with Gasteiger partial charge in [0.05, 0.1) is 46.0 Å². The van der Waals surface area contributed by atoms with Gasteiger partial charge in [0.25, 0.3) is 0 Å². The molecule has 1 N–H and O–H groups in total. The van der Waals surface area contributed by atoms with Gasteiger partial charge in [0.2, 0.25) is 23.6 Å². The Balaban J connectivity index is 0.00000482. The van der Waals surface area contributed by atoms with Gasteiger partial charge in [-0.05, 0) is 101 Å². The van der Waals surface area contributed by atoms with Crippen molar-refractivity contribution in [1.29, 1.82) is 0 Å². The minimum absolute atomic E-state index is 0.0149. The van der Waals surface area contributed by atoms with E-state index in [1.165, 1.54) is 14.8 Å². The average Bonchev–Trinajstić information content (AvgIpc) is 3.35. The van der Waals surface area contributed by atoms with Gasteiger partial charge in [-0.15, -0.1) is 0 Å². The summed E-state index contributed by atoms with van der Waals surface area (Å²) in [7, 11) is -3.02. The van der Waals surface area contributed by atoms with Gasteiger partial charge in [0.1, 0.15) is 6.61 Å². The van der Waals surface area contributed by atoms with Gasteiger partial charge < -0.3 is 42.6 Å². The van der Waals surface area contributed by atoms with Crippen molar-refractivity contribution in [1.82, 2.24) is 34.6 Å². The molecule has 0 aliphatic heterocycles. The van der Waals surface area contributed by atoms with Crippen molar-refractivity contribution >= 4 is 71.7 Å². The number of hydrogen-bond donors (Lipinski definition) is 1. The molecule has 0 unspecified atom stereocenters. The van der Waals surface area contributed by atoms with Gasteiger partial charge in [0, 0.05) is 70.4 Å². The normalized spacial score (nSPS) is 12.9. The number of benzene rings is 3. The number of amides is 5. The average molecular weight is 1200 g/mol.